The fraction of sp³-hybridized carbons (Fsp3) is 0.182. The maximum atomic E-state index is 11.8. The molecule has 0 radical (unpaired) electrons. The molecule has 1 N–H and O–H groups in total. The maximum Gasteiger partial charge on any atom is 0.234 e. The molecule has 0 aliphatic rings. The Morgan fingerprint density at radius 1 is 1.42 bits per heavy atom. The van der Waals surface area contributed by atoms with Gasteiger partial charge < -0.3 is 5.32 Å². The number of amides is 1. The number of benzene rings is 1. The summed E-state index contributed by atoms with van der Waals surface area (Å²) in [6.07, 6.45) is 1.93. The summed E-state index contributed by atoms with van der Waals surface area (Å²) in [5.74, 6) is 0.284. The SMILES string of the molecule is CSc1nsc(SCC(=O)Nc2ccc(Br)cc2)n1. The minimum Gasteiger partial charge on any atom is -0.325 e. The fourth-order valence-corrected chi connectivity index (χ4v) is 3.47. The van der Waals surface area contributed by atoms with Crippen molar-refractivity contribution >= 4 is 62.6 Å². The summed E-state index contributed by atoms with van der Waals surface area (Å²) in [6.45, 7) is 0. The highest BCUT2D eigenvalue weighted by Gasteiger charge is 2.07. The molecule has 100 valence electrons. The van der Waals surface area contributed by atoms with Crippen LogP contribution in [0.5, 0.6) is 0 Å². The van der Waals surface area contributed by atoms with Crippen molar-refractivity contribution in [2.45, 2.75) is 9.50 Å². The van der Waals surface area contributed by atoms with E-state index in [0.717, 1.165) is 19.7 Å². The lowest BCUT2D eigenvalue weighted by Crippen LogP contribution is -2.13. The van der Waals surface area contributed by atoms with Crippen LogP contribution >= 0.6 is 51.0 Å². The number of nitrogens with one attached hydrogen (secondary N) is 1. The quantitative estimate of drug-likeness (QED) is 0.806. The highest BCUT2D eigenvalue weighted by Crippen LogP contribution is 2.23. The second kappa shape index (κ2) is 7.28. The second-order valence-corrected chi connectivity index (χ2v) is 7.05. The van der Waals surface area contributed by atoms with E-state index in [-0.39, 0.29) is 5.91 Å². The van der Waals surface area contributed by atoms with Gasteiger partial charge in [0.15, 0.2) is 4.34 Å². The van der Waals surface area contributed by atoms with Crippen LogP contribution in [0.1, 0.15) is 0 Å². The number of rotatable bonds is 5. The van der Waals surface area contributed by atoms with Gasteiger partial charge >= 0.3 is 0 Å². The molecule has 1 aromatic heterocycles. The number of nitrogens with zero attached hydrogens (tertiary/aromatic N) is 2. The van der Waals surface area contributed by atoms with E-state index in [4.69, 9.17) is 0 Å². The largest absolute Gasteiger partial charge is 0.325 e. The molecule has 8 heteroatoms. The molecular formula is C11H10BrN3OS3. The van der Waals surface area contributed by atoms with Crippen LogP contribution in [-0.2, 0) is 4.79 Å². The van der Waals surface area contributed by atoms with Crippen LogP contribution in [-0.4, -0.2) is 27.3 Å². The van der Waals surface area contributed by atoms with Gasteiger partial charge in [0, 0.05) is 10.2 Å². The number of aromatic nitrogens is 2. The fourth-order valence-electron chi connectivity index (χ4n) is 1.20. The van der Waals surface area contributed by atoms with Crippen molar-refractivity contribution in [2.75, 3.05) is 17.3 Å². The molecule has 4 nitrogen and oxygen atoms in total. The number of anilines is 1. The molecule has 0 spiro atoms. The first kappa shape index (κ1) is 14.8. The van der Waals surface area contributed by atoms with Crippen LogP contribution in [0.2, 0.25) is 0 Å². The molecule has 2 aromatic rings. The second-order valence-electron chi connectivity index (χ2n) is 3.39. The lowest BCUT2D eigenvalue weighted by molar-refractivity contribution is -0.113. The zero-order valence-electron chi connectivity index (χ0n) is 9.92. The molecule has 0 atom stereocenters. The van der Waals surface area contributed by atoms with Crippen LogP contribution in [0.3, 0.4) is 0 Å². The van der Waals surface area contributed by atoms with Crippen molar-refractivity contribution in [1.29, 1.82) is 0 Å². The third-order valence-electron chi connectivity index (χ3n) is 2.03. The van der Waals surface area contributed by atoms with E-state index in [1.165, 1.54) is 35.1 Å². The monoisotopic (exact) mass is 375 g/mol. The molecule has 0 saturated heterocycles. The van der Waals surface area contributed by atoms with Crippen LogP contribution in [0.4, 0.5) is 5.69 Å². The minimum atomic E-state index is -0.0479. The molecule has 1 amide bonds. The van der Waals surface area contributed by atoms with E-state index in [0.29, 0.717) is 5.75 Å². The number of hydrogen-bond donors (Lipinski definition) is 1. The van der Waals surface area contributed by atoms with Crippen molar-refractivity contribution in [3.63, 3.8) is 0 Å². The number of carbonyl (C=O) groups is 1. The van der Waals surface area contributed by atoms with E-state index in [1.807, 2.05) is 30.5 Å². The smallest absolute Gasteiger partial charge is 0.234 e. The highest BCUT2D eigenvalue weighted by molar-refractivity contribution is 9.10. The van der Waals surface area contributed by atoms with E-state index < -0.39 is 0 Å². The summed E-state index contributed by atoms with van der Waals surface area (Å²) in [4.78, 5) is 16.0. The van der Waals surface area contributed by atoms with Gasteiger partial charge in [-0.15, -0.1) is 0 Å². The van der Waals surface area contributed by atoms with E-state index in [2.05, 4.69) is 30.6 Å². The van der Waals surface area contributed by atoms with Gasteiger partial charge in [-0.05, 0) is 42.1 Å². The molecule has 19 heavy (non-hydrogen) atoms. The summed E-state index contributed by atoms with van der Waals surface area (Å²) in [6, 6.07) is 7.48. The average molecular weight is 376 g/mol. The van der Waals surface area contributed by atoms with Gasteiger partial charge in [-0.25, -0.2) is 4.98 Å². The molecule has 0 bridgehead atoms. The number of carbonyl (C=O) groups excluding carboxylic acids is 1. The molecule has 0 saturated carbocycles. The summed E-state index contributed by atoms with van der Waals surface area (Å²) in [7, 11) is 0. The highest BCUT2D eigenvalue weighted by atomic mass is 79.9. The molecule has 1 aromatic carbocycles. The van der Waals surface area contributed by atoms with Crippen molar-refractivity contribution in [3.8, 4) is 0 Å². The Labute approximate surface area is 132 Å². The molecule has 0 aliphatic heterocycles. The first-order chi connectivity index (χ1) is 9.17. The maximum absolute atomic E-state index is 11.8. The normalized spacial score (nSPS) is 10.4. The predicted molar refractivity (Wildman–Crippen MR) is 85.2 cm³/mol. The number of thioether (sulfide) groups is 2. The van der Waals surface area contributed by atoms with Crippen LogP contribution in [0, 0.1) is 0 Å². The standard InChI is InChI=1S/C11H10BrN3OS3/c1-17-10-14-11(19-15-10)18-6-9(16)13-8-4-2-7(12)3-5-8/h2-5H,6H2,1H3,(H,13,16). The summed E-state index contributed by atoms with van der Waals surface area (Å²) < 4.78 is 5.94. The molecule has 2 rings (SSSR count). The van der Waals surface area contributed by atoms with E-state index in [9.17, 15) is 4.79 Å². The molecule has 0 unspecified atom stereocenters. The van der Waals surface area contributed by atoms with Crippen molar-refractivity contribution in [1.82, 2.24) is 9.36 Å². The van der Waals surface area contributed by atoms with Gasteiger partial charge in [0.25, 0.3) is 0 Å². The molecular weight excluding hydrogens is 366 g/mol. The minimum absolute atomic E-state index is 0.0479. The first-order valence-corrected chi connectivity index (χ1v) is 9.01. The lowest BCUT2D eigenvalue weighted by Gasteiger charge is -2.03. The van der Waals surface area contributed by atoms with Gasteiger partial charge in [0.1, 0.15) is 0 Å². The Hall–Kier alpha value is -0.570. The average Bonchev–Trinajstić information content (AvgIpc) is 2.87. The van der Waals surface area contributed by atoms with Crippen molar-refractivity contribution in [2.24, 2.45) is 0 Å². The van der Waals surface area contributed by atoms with Gasteiger partial charge in [0.05, 0.1) is 5.75 Å². The topological polar surface area (TPSA) is 54.9 Å². The van der Waals surface area contributed by atoms with Crippen LogP contribution in [0.25, 0.3) is 0 Å². The van der Waals surface area contributed by atoms with Gasteiger partial charge in [-0.3, -0.25) is 4.79 Å². The number of hydrogen-bond acceptors (Lipinski definition) is 6. The van der Waals surface area contributed by atoms with E-state index in [1.54, 1.807) is 0 Å². The molecule has 0 aliphatic carbocycles. The Kier molecular flexibility index (Phi) is 5.68. The zero-order chi connectivity index (χ0) is 13.7. The summed E-state index contributed by atoms with van der Waals surface area (Å²) in [5.41, 5.74) is 0.788. The van der Waals surface area contributed by atoms with Crippen molar-refractivity contribution < 1.29 is 4.79 Å². The predicted octanol–water partition coefficient (Wildman–Crippen LogP) is 3.75. The third kappa shape index (κ3) is 4.79. The Morgan fingerprint density at radius 2 is 2.16 bits per heavy atom. The summed E-state index contributed by atoms with van der Waals surface area (Å²) >= 11 is 7.56. The third-order valence-corrected chi connectivity index (χ3v) is 5.05. The first-order valence-electron chi connectivity index (χ1n) is 5.23. The van der Waals surface area contributed by atoms with Gasteiger partial charge in [0.2, 0.25) is 11.1 Å². The van der Waals surface area contributed by atoms with E-state index >= 15 is 0 Å². The van der Waals surface area contributed by atoms with Gasteiger partial charge in [-0.1, -0.05) is 39.5 Å². The van der Waals surface area contributed by atoms with Crippen LogP contribution in [0.15, 0.2) is 38.2 Å². The Bertz CT molecular complexity index is 559. The zero-order valence-corrected chi connectivity index (χ0v) is 14.0. The number of halogens is 1. The molecule has 1 heterocycles. The van der Waals surface area contributed by atoms with Gasteiger partial charge in [-0.2, -0.15) is 4.37 Å². The lowest BCUT2D eigenvalue weighted by atomic mass is 10.3. The molecule has 0 fully saturated rings. The van der Waals surface area contributed by atoms with Crippen molar-refractivity contribution in [3.05, 3.63) is 28.7 Å². The Morgan fingerprint density at radius 3 is 2.79 bits per heavy atom. The summed E-state index contributed by atoms with van der Waals surface area (Å²) in [5, 5.41) is 3.58. The Balaban J connectivity index is 1.82. The van der Waals surface area contributed by atoms with Crippen LogP contribution < -0.4 is 5.32 Å².